The maximum atomic E-state index is 13.5. The smallest absolute Gasteiger partial charge is 0.327 e. The van der Waals surface area contributed by atoms with E-state index in [2.05, 4.69) is 4.98 Å². The Kier molecular flexibility index (Phi) is 4.42. The Labute approximate surface area is 121 Å². The van der Waals surface area contributed by atoms with Gasteiger partial charge in [-0.25, -0.2) is 8.78 Å². The quantitative estimate of drug-likeness (QED) is 0.371. The fourth-order valence-corrected chi connectivity index (χ4v) is 1.75. The predicted octanol–water partition coefficient (Wildman–Crippen LogP) is 3.10. The van der Waals surface area contributed by atoms with Gasteiger partial charge in [0.15, 0.2) is 0 Å². The van der Waals surface area contributed by atoms with Crippen LogP contribution in [0.2, 0.25) is 0 Å². The summed E-state index contributed by atoms with van der Waals surface area (Å²) in [5.41, 5.74) is 0.441. The molecule has 107 valence electrons. The van der Waals surface area contributed by atoms with Gasteiger partial charge < -0.3 is 9.88 Å². The van der Waals surface area contributed by atoms with Crippen molar-refractivity contribution in [3.8, 4) is 0 Å². The van der Waals surface area contributed by atoms with Gasteiger partial charge in [-0.05, 0) is 13.0 Å². The van der Waals surface area contributed by atoms with Gasteiger partial charge in [-0.15, -0.1) is 11.8 Å². The Hall–Kier alpha value is -0.941. The largest absolute Gasteiger partial charge is 0.349 e. The molecule has 2 nitrogen and oxygen atoms in total. The number of rotatable bonds is 1. The molecule has 0 aliphatic carbocycles. The molecule has 0 amide bonds. The number of halogens is 4. The van der Waals surface area contributed by atoms with E-state index in [-0.39, 0.29) is 31.5 Å². The third kappa shape index (κ3) is 3.34. The van der Waals surface area contributed by atoms with Gasteiger partial charge in [0.1, 0.15) is 0 Å². The summed E-state index contributed by atoms with van der Waals surface area (Å²) in [5.74, 6) is -3.66. The summed E-state index contributed by atoms with van der Waals surface area (Å²) in [6, 6.07) is -0.491. The molecule has 0 spiro atoms. The first-order chi connectivity index (χ1) is 8.21. The van der Waals surface area contributed by atoms with Gasteiger partial charge in [-0.2, -0.15) is 14.9 Å². The van der Waals surface area contributed by atoms with Gasteiger partial charge in [0.25, 0.3) is 0 Å². The first-order valence-electron chi connectivity index (χ1n) is 5.29. The number of hydrogen-bond acceptors (Lipinski definition) is 2. The number of hydrogen-bond donors (Lipinski definition) is 0. The standard InChI is InChI=1S/C12H11F4N2.Ir/c1-8-3-4-17-9(5-8)10-6-11(13,14)7-12(15,16)18(10)2;/h3-5H,7H2,1-2H3;/q-1;. The molecule has 1 aliphatic rings. The Morgan fingerprint density at radius 1 is 1.32 bits per heavy atom. The Morgan fingerprint density at radius 3 is 2.53 bits per heavy atom. The fourth-order valence-electron chi connectivity index (χ4n) is 1.75. The number of aromatic nitrogens is 1. The first-order valence-corrected chi connectivity index (χ1v) is 5.29. The maximum absolute atomic E-state index is 13.5. The van der Waals surface area contributed by atoms with Gasteiger partial charge >= 0.3 is 6.05 Å². The van der Waals surface area contributed by atoms with Crippen molar-refractivity contribution in [2.24, 2.45) is 0 Å². The van der Waals surface area contributed by atoms with Gasteiger partial charge in [-0.1, -0.05) is 11.3 Å². The maximum Gasteiger partial charge on any atom is 0.327 e. The number of pyridine rings is 1. The van der Waals surface area contributed by atoms with Crippen LogP contribution >= 0.6 is 0 Å². The fraction of sp³-hybridized carbons (Fsp3) is 0.417. The minimum absolute atomic E-state index is 0. The molecule has 2 rings (SSSR count). The molecule has 1 aromatic rings. The Balaban J connectivity index is 0.00000180. The number of aryl methyl sites for hydroxylation is 1. The molecule has 1 radical (unpaired) electrons. The topological polar surface area (TPSA) is 16.1 Å². The van der Waals surface area contributed by atoms with E-state index in [0.29, 0.717) is 4.90 Å². The van der Waals surface area contributed by atoms with Crippen LogP contribution in [0.1, 0.15) is 17.7 Å². The van der Waals surface area contributed by atoms with Crippen LogP contribution in [-0.4, -0.2) is 28.9 Å². The van der Waals surface area contributed by atoms with E-state index in [0.717, 1.165) is 12.6 Å². The number of alkyl halides is 4. The van der Waals surface area contributed by atoms with Crippen LogP contribution < -0.4 is 0 Å². The Morgan fingerprint density at radius 2 is 1.95 bits per heavy atom. The van der Waals surface area contributed by atoms with Crippen molar-refractivity contribution < 1.29 is 37.7 Å². The molecule has 0 fully saturated rings. The summed E-state index contributed by atoms with van der Waals surface area (Å²) in [6.45, 7) is 1.73. The van der Waals surface area contributed by atoms with Crippen LogP contribution in [0, 0.1) is 13.0 Å². The molecule has 0 bridgehead atoms. The van der Waals surface area contributed by atoms with E-state index in [1.807, 2.05) is 6.08 Å². The second-order valence-corrected chi connectivity index (χ2v) is 4.30. The third-order valence-corrected chi connectivity index (χ3v) is 2.72. The first kappa shape index (κ1) is 16.1. The summed E-state index contributed by atoms with van der Waals surface area (Å²) >= 11 is 0. The molecular formula is C12H11F4IrN2-. The molecule has 0 N–H and O–H groups in total. The number of nitrogens with zero attached hydrogens (tertiary/aromatic N) is 2. The number of allylic oxidation sites excluding steroid dienone is 1. The van der Waals surface area contributed by atoms with E-state index < -0.39 is 18.4 Å². The summed E-state index contributed by atoms with van der Waals surface area (Å²) < 4.78 is 53.5. The molecule has 0 saturated heterocycles. The molecule has 1 aliphatic heterocycles. The van der Waals surface area contributed by atoms with Crippen molar-refractivity contribution in [2.75, 3.05) is 7.05 Å². The molecule has 0 aromatic carbocycles. The summed E-state index contributed by atoms with van der Waals surface area (Å²) in [4.78, 5) is 4.33. The van der Waals surface area contributed by atoms with Gasteiger partial charge in [-0.3, -0.25) is 0 Å². The normalized spacial score (nSPS) is 20.5. The van der Waals surface area contributed by atoms with E-state index >= 15 is 0 Å². The average molecular weight is 451 g/mol. The van der Waals surface area contributed by atoms with Crippen molar-refractivity contribution >= 4 is 5.70 Å². The molecule has 19 heavy (non-hydrogen) atoms. The second kappa shape index (κ2) is 5.21. The minimum atomic E-state index is -3.66. The summed E-state index contributed by atoms with van der Waals surface area (Å²) in [7, 11) is 1.06. The zero-order valence-electron chi connectivity index (χ0n) is 10.2. The van der Waals surface area contributed by atoms with E-state index in [4.69, 9.17) is 0 Å². The zero-order valence-corrected chi connectivity index (χ0v) is 12.6. The van der Waals surface area contributed by atoms with Crippen LogP contribution in [0.5, 0.6) is 0 Å². The molecule has 0 atom stereocenters. The van der Waals surface area contributed by atoms with Crippen molar-refractivity contribution in [1.29, 1.82) is 0 Å². The molecule has 0 unspecified atom stereocenters. The molecular weight excluding hydrogens is 440 g/mol. The van der Waals surface area contributed by atoms with Crippen molar-refractivity contribution in [3.63, 3.8) is 0 Å². The van der Waals surface area contributed by atoms with Crippen molar-refractivity contribution in [3.05, 3.63) is 35.7 Å². The van der Waals surface area contributed by atoms with Crippen molar-refractivity contribution in [2.45, 2.75) is 25.3 Å². The van der Waals surface area contributed by atoms with Gasteiger partial charge in [0, 0.05) is 33.3 Å². The summed E-state index contributed by atoms with van der Waals surface area (Å²) in [6.07, 6.45) is 1.63. The summed E-state index contributed by atoms with van der Waals surface area (Å²) in [5, 5.41) is 0. The van der Waals surface area contributed by atoms with Crippen LogP contribution in [0.4, 0.5) is 17.6 Å². The van der Waals surface area contributed by atoms with Crippen LogP contribution in [0.15, 0.2) is 18.3 Å². The van der Waals surface area contributed by atoms with Gasteiger partial charge in [0.05, 0.1) is 6.42 Å². The molecule has 0 saturated carbocycles. The van der Waals surface area contributed by atoms with Crippen molar-refractivity contribution in [1.82, 2.24) is 9.88 Å². The molecule has 2 heterocycles. The molecule has 7 heteroatoms. The van der Waals surface area contributed by atoms with Crippen LogP contribution in [0.25, 0.3) is 5.70 Å². The van der Waals surface area contributed by atoms with Crippen LogP contribution in [0.3, 0.4) is 0 Å². The van der Waals surface area contributed by atoms with E-state index in [1.165, 1.54) is 12.3 Å². The predicted molar refractivity (Wildman–Crippen MR) is 57.9 cm³/mol. The minimum Gasteiger partial charge on any atom is -0.349 e. The van der Waals surface area contributed by atoms with Crippen LogP contribution in [-0.2, 0) is 20.1 Å². The average Bonchev–Trinajstić information content (AvgIpc) is 2.22. The SMILES string of the molecule is Cc1ccnc(C2=[C-]C(F)(F)CC(F)(F)N2C)c1.[Ir]. The monoisotopic (exact) mass is 452 g/mol. The third-order valence-electron chi connectivity index (χ3n) is 2.72. The van der Waals surface area contributed by atoms with E-state index in [9.17, 15) is 17.6 Å². The second-order valence-electron chi connectivity index (χ2n) is 4.30. The van der Waals surface area contributed by atoms with E-state index in [1.54, 1.807) is 13.0 Å². The molecule has 1 aromatic heterocycles. The van der Waals surface area contributed by atoms with Gasteiger partial charge in [0.2, 0.25) is 5.92 Å². The Bertz CT molecular complexity index is 502. The zero-order chi connectivity index (χ0) is 13.6.